The molecule has 1 aromatic rings. The summed E-state index contributed by atoms with van der Waals surface area (Å²) >= 11 is 0. The molecule has 2 heteroatoms. The summed E-state index contributed by atoms with van der Waals surface area (Å²) in [5, 5.41) is 0. The van der Waals surface area contributed by atoms with E-state index in [1.54, 1.807) is 11.1 Å². The van der Waals surface area contributed by atoms with Gasteiger partial charge < -0.3 is 0 Å². The fourth-order valence-corrected chi connectivity index (χ4v) is 2.33. The van der Waals surface area contributed by atoms with Gasteiger partial charge in [-0.1, -0.05) is 44.0 Å². The zero-order valence-corrected chi connectivity index (χ0v) is 10.9. The van der Waals surface area contributed by atoms with Gasteiger partial charge in [0.15, 0.2) is 0 Å². The molecule has 0 N–H and O–H groups in total. The van der Waals surface area contributed by atoms with Crippen molar-refractivity contribution in [3.8, 4) is 0 Å². The number of hydrogen-bond donors (Lipinski definition) is 0. The lowest BCUT2D eigenvalue weighted by Gasteiger charge is -2.28. The SMILES string of the molecule is CCCCCN1CCc2ccccc2C1.Cl. The predicted molar refractivity (Wildman–Crippen MR) is 72.2 cm³/mol. The van der Waals surface area contributed by atoms with Gasteiger partial charge in [0, 0.05) is 13.1 Å². The van der Waals surface area contributed by atoms with Crippen molar-refractivity contribution in [3.05, 3.63) is 35.4 Å². The van der Waals surface area contributed by atoms with Crippen LogP contribution >= 0.6 is 12.4 Å². The third-order valence-electron chi connectivity index (χ3n) is 3.29. The lowest BCUT2D eigenvalue weighted by molar-refractivity contribution is 0.249. The van der Waals surface area contributed by atoms with E-state index in [0.29, 0.717) is 0 Å². The molecular formula is C14H22ClN. The molecule has 1 nitrogen and oxygen atoms in total. The Morgan fingerprint density at radius 1 is 1.12 bits per heavy atom. The van der Waals surface area contributed by atoms with Crippen molar-refractivity contribution in [2.75, 3.05) is 13.1 Å². The minimum Gasteiger partial charge on any atom is -0.299 e. The van der Waals surface area contributed by atoms with Crippen LogP contribution in [0.5, 0.6) is 0 Å². The predicted octanol–water partition coefficient (Wildman–Crippen LogP) is 3.66. The lowest BCUT2D eigenvalue weighted by Crippen LogP contribution is -2.31. The molecule has 1 aliphatic rings. The molecule has 0 atom stereocenters. The monoisotopic (exact) mass is 239 g/mol. The van der Waals surface area contributed by atoms with E-state index in [0.717, 1.165) is 0 Å². The maximum Gasteiger partial charge on any atom is 0.0236 e. The molecule has 0 aromatic heterocycles. The molecule has 0 bridgehead atoms. The van der Waals surface area contributed by atoms with E-state index < -0.39 is 0 Å². The molecule has 0 radical (unpaired) electrons. The minimum absolute atomic E-state index is 0. The lowest BCUT2D eigenvalue weighted by atomic mass is 10.00. The van der Waals surface area contributed by atoms with Crippen LogP contribution in [0.4, 0.5) is 0 Å². The summed E-state index contributed by atoms with van der Waals surface area (Å²) in [7, 11) is 0. The molecule has 0 fully saturated rings. The van der Waals surface area contributed by atoms with Crippen LogP contribution in [0.15, 0.2) is 24.3 Å². The summed E-state index contributed by atoms with van der Waals surface area (Å²) in [4.78, 5) is 2.60. The molecule has 90 valence electrons. The standard InChI is InChI=1S/C14H21N.ClH/c1-2-3-6-10-15-11-9-13-7-4-5-8-14(13)12-15;/h4-5,7-8H,2-3,6,9-12H2,1H3;1H. The summed E-state index contributed by atoms with van der Waals surface area (Å²) in [6.45, 7) is 5.97. The first kappa shape index (κ1) is 13.5. The number of rotatable bonds is 4. The van der Waals surface area contributed by atoms with Gasteiger partial charge in [-0.25, -0.2) is 0 Å². The summed E-state index contributed by atoms with van der Waals surface area (Å²) in [5.74, 6) is 0. The molecule has 16 heavy (non-hydrogen) atoms. The molecule has 1 heterocycles. The molecule has 0 saturated carbocycles. The zero-order chi connectivity index (χ0) is 10.5. The van der Waals surface area contributed by atoms with Crippen LogP contribution in [0.2, 0.25) is 0 Å². The van der Waals surface area contributed by atoms with Crippen LogP contribution in [-0.2, 0) is 13.0 Å². The van der Waals surface area contributed by atoms with E-state index in [1.807, 2.05) is 0 Å². The summed E-state index contributed by atoms with van der Waals surface area (Å²) < 4.78 is 0. The molecular weight excluding hydrogens is 218 g/mol. The van der Waals surface area contributed by atoms with Gasteiger partial charge >= 0.3 is 0 Å². The second kappa shape index (κ2) is 6.93. The van der Waals surface area contributed by atoms with Crippen molar-refractivity contribution in [2.45, 2.75) is 39.2 Å². The Bertz CT molecular complexity index is 311. The average Bonchev–Trinajstić information content (AvgIpc) is 2.29. The Kier molecular flexibility index (Phi) is 5.86. The molecule has 1 aromatic carbocycles. The van der Waals surface area contributed by atoms with Crippen molar-refractivity contribution in [1.82, 2.24) is 4.90 Å². The molecule has 0 unspecified atom stereocenters. The van der Waals surface area contributed by atoms with Crippen LogP contribution in [0, 0.1) is 0 Å². The quantitative estimate of drug-likeness (QED) is 0.725. The normalized spacial score (nSPS) is 15.3. The van der Waals surface area contributed by atoms with Gasteiger partial charge in [0.25, 0.3) is 0 Å². The van der Waals surface area contributed by atoms with Crippen LogP contribution in [-0.4, -0.2) is 18.0 Å². The second-order valence-corrected chi connectivity index (χ2v) is 4.50. The first-order chi connectivity index (χ1) is 7.40. The number of hydrogen-bond acceptors (Lipinski definition) is 1. The van der Waals surface area contributed by atoms with Gasteiger partial charge in [-0.05, 0) is 30.5 Å². The van der Waals surface area contributed by atoms with Crippen LogP contribution < -0.4 is 0 Å². The Balaban J connectivity index is 0.00000128. The Morgan fingerprint density at radius 2 is 1.88 bits per heavy atom. The summed E-state index contributed by atoms with van der Waals surface area (Å²) in [5.41, 5.74) is 3.10. The average molecular weight is 240 g/mol. The van der Waals surface area contributed by atoms with Crippen molar-refractivity contribution < 1.29 is 0 Å². The molecule has 0 saturated heterocycles. The van der Waals surface area contributed by atoms with Gasteiger partial charge in [0.2, 0.25) is 0 Å². The third-order valence-corrected chi connectivity index (χ3v) is 3.29. The van der Waals surface area contributed by atoms with Gasteiger partial charge in [-0.15, -0.1) is 12.4 Å². The van der Waals surface area contributed by atoms with E-state index in [4.69, 9.17) is 0 Å². The van der Waals surface area contributed by atoms with E-state index in [9.17, 15) is 0 Å². The minimum atomic E-state index is 0. The number of benzene rings is 1. The highest BCUT2D eigenvalue weighted by atomic mass is 35.5. The maximum atomic E-state index is 2.60. The van der Waals surface area contributed by atoms with E-state index in [-0.39, 0.29) is 12.4 Å². The second-order valence-electron chi connectivity index (χ2n) is 4.50. The fraction of sp³-hybridized carbons (Fsp3) is 0.571. The maximum absolute atomic E-state index is 2.60. The molecule has 0 aliphatic carbocycles. The third kappa shape index (κ3) is 3.50. The summed E-state index contributed by atoms with van der Waals surface area (Å²) in [6.07, 6.45) is 5.30. The van der Waals surface area contributed by atoms with Crippen molar-refractivity contribution in [1.29, 1.82) is 0 Å². The number of nitrogens with zero attached hydrogens (tertiary/aromatic N) is 1. The number of fused-ring (bicyclic) bond motifs is 1. The Hall–Kier alpha value is -0.530. The van der Waals surface area contributed by atoms with Crippen LogP contribution in [0.25, 0.3) is 0 Å². The van der Waals surface area contributed by atoms with Gasteiger partial charge in [-0.3, -0.25) is 4.90 Å². The highest BCUT2D eigenvalue weighted by molar-refractivity contribution is 5.85. The first-order valence-corrected chi connectivity index (χ1v) is 6.19. The van der Waals surface area contributed by atoms with Crippen molar-refractivity contribution in [2.24, 2.45) is 0 Å². The van der Waals surface area contributed by atoms with Gasteiger partial charge in [0.1, 0.15) is 0 Å². The van der Waals surface area contributed by atoms with Crippen molar-refractivity contribution >= 4 is 12.4 Å². The smallest absolute Gasteiger partial charge is 0.0236 e. The Morgan fingerprint density at radius 3 is 2.62 bits per heavy atom. The van der Waals surface area contributed by atoms with Gasteiger partial charge in [-0.2, -0.15) is 0 Å². The summed E-state index contributed by atoms with van der Waals surface area (Å²) in [6, 6.07) is 8.87. The molecule has 2 rings (SSSR count). The van der Waals surface area contributed by atoms with E-state index >= 15 is 0 Å². The van der Waals surface area contributed by atoms with Gasteiger partial charge in [0.05, 0.1) is 0 Å². The molecule has 0 spiro atoms. The highest BCUT2D eigenvalue weighted by Crippen LogP contribution is 2.18. The Labute approximate surface area is 105 Å². The molecule has 0 amide bonds. The highest BCUT2D eigenvalue weighted by Gasteiger charge is 2.14. The number of unbranched alkanes of at least 4 members (excludes halogenated alkanes) is 2. The molecule has 1 aliphatic heterocycles. The number of halogens is 1. The van der Waals surface area contributed by atoms with Crippen molar-refractivity contribution in [3.63, 3.8) is 0 Å². The fourth-order valence-electron chi connectivity index (χ4n) is 2.33. The zero-order valence-electron chi connectivity index (χ0n) is 10.1. The topological polar surface area (TPSA) is 3.24 Å². The van der Waals surface area contributed by atoms with Crippen LogP contribution in [0.1, 0.15) is 37.3 Å². The largest absolute Gasteiger partial charge is 0.299 e. The first-order valence-electron chi connectivity index (χ1n) is 6.19. The van der Waals surface area contributed by atoms with E-state index in [1.165, 1.54) is 45.3 Å². The van der Waals surface area contributed by atoms with Crippen LogP contribution in [0.3, 0.4) is 0 Å². The van der Waals surface area contributed by atoms with E-state index in [2.05, 4.69) is 36.1 Å².